The Hall–Kier alpha value is -0.870. The normalized spacial score (nSPS) is 11.6. The molecule has 0 heterocycles. The molecule has 0 radical (unpaired) electrons. The van der Waals surface area contributed by atoms with E-state index in [2.05, 4.69) is 45.8 Å². The molecule has 0 aliphatic rings. The van der Waals surface area contributed by atoms with Crippen molar-refractivity contribution in [3.63, 3.8) is 0 Å². The molecule has 2 rings (SSSR count). The molecule has 0 bridgehead atoms. The summed E-state index contributed by atoms with van der Waals surface area (Å²) >= 11 is 8.17. The van der Waals surface area contributed by atoms with Gasteiger partial charge in [-0.2, -0.15) is 0 Å². The van der Waals surface area contributed by atoms with Crippen LogP contribution in [0.5, 0.6) is 0 Å². The second-order valence-electron chi connectivity index (χ2n) is 3.61. The van der Waals surface area contributed by atoms with Gasteiger partial charge in [0.25, 0.3) is 0 Å². The zero-order valence-electron chi connectivity index (χ0n) is 9.32. The van der Waals surface area contributed by atoms with Crippen molar-refractivity contribution in [2.24, 2.45) is 4.99 Å². The average molecular weight is 356 g/mol. The molecule has 0 aliphatic carbocycles. The third kappa shape index (κ3) is 3.07. The van der Waals surface area contributed by atoms with E-state index in [1.54, 1.807) is 6.92 Å². The van der Waals surface area contributed by atoms with Crippen LogP contribution in [0.15, 0.2) is 53.5 Å². The van der Waals surface area contributed by atoms with Crippen molar-refractivity contribution >= 4 is 45.1 Å². The molecule has 0 unspecified atom stereocenters. The van der Waals surface area contributed by atoms with Crippen LogP contribution in [0.4, 0.5) is 5.69 Å². The van der Waals surface area contributed by atoms with Crippen molar-refractivity contribution in [3.05, 3.63) is 52.1 Å². The van der Waals surface area contributed by atoms with Gasteiger partial charge in [-0.25, -0.2) is 4.99 Å². The number of para-hydroxylation sites is 1. The van der Waals surface area contributed by atoms with Crippen LogP contribution < -0.4 is 0 Å². The number of halogens is 2. The number of hydrogen-bond acceptors (Lipinski definition) is 1. The second-order valence-corrected chi connectivity index (χ2v) is 5.32. The monoisotopic (exact) mass is 355 g/mol. The lowest BCUT2D eigenvalue weighted by molar-refractivity contribution is 1.47. The molecule has 0 aliphatic heterocycles. The topological polar surface area (TPSA) is 12.4 Å². The standard InChI is InChI=1S/C14H11ClIN/c1-10(15)17-14-12(8-5-9-13(14)16)11-6-3-2-4-7-11/h2-9H,1H3/b17-10+. The van der Waals surface area contributed by atoms with Crippen LogP contribution >= 0.6 is 34.2 Å². The highest BCUT2D eigenvalue weighted by Gasteiger charge is 2.07. The molecular formula is C14H11ClIN. The molecule has 17 heavy (non-hydrogen) atoms. The Kier molecular flexibility index (Phi) is 4.18. The molecule has 1 nitrogen and oxygen atoms in total. The first-order chi connectivity index (χ1) is 8.18. The van der Waals surface area contributed by atoms with Gasteiger partial charge in [-0.05, 0) is 41.1 Å². The average Bonchev–Trinajstić information content (AvgIpc) is 2.32. The van der Waals surface area contributed by atoms with E-state index in [9.17, 15) is 0 Å². The third-order valence-corrected chi connectivity index (χ3v) is 3.29. The van der Waals surface area contributed by atoms with Crippen LogP contribution in [-0.2, 0) is 0 Å². The van der Waals surface area contributed by atoms with Gasteiger partial charge in [0.1, 0.15) is 5.17 Å². The minimum absolute atomic E-state index is 0.547. The molecule has 0 saturated heterocycles. The second kappa shape index (κ2) is 5.65. The van der Waals surface area contributed by atoms with Crippen LogP contribution in [0, 0.1) is 3.57 Å². The van der Waals surface area contributed by atoms with E-state index in [0.717, 1.165) is 20.4 Å². The fourth-order valence-electron chi connectivity index (χ4n) is 1.63. The quantitative estimate of drug-likeness (QED) is 0.515. The minimum Gasteiger partial charge on any atom is -0.240 e. The Morgan fingerprint density at radius 2 is 1.76 bits per heavy atom. The maximum absolute atomic E-state index is 5.89. The third-order valence-electron chi connectivity index (χ3n) is 2.34. The molecule has 0 spiro atoms. The van der Waals surface area contributed by atoms with Crippen LogP contribution in [0.2, 0.25) is 0 Å². The Bertz CT molecular complexity index is 545. The summed E-state index contributed by atoms with van der Waals surface area (Å²) in [4.78, 5) is 4.41. The first-order valence-corrected chi connectivity index (χ1v) is 6.69. The number of nitrogens with zero attached hydrogens (tertiary/aromatic N) is 1. The van der Waals surface area contributed by atoms with E-state index in [4.69, 9.17) is 11.6 Å². The van der Waals surface area contributed by atoms with E-state index < -0.39 is 0 Å². The van der Waals surface area contributed by atoms with Gasteiger partial charge in [0, 0.05) is 9.13 Å². The summed E-state index contributed by atoms with van der Waals surface area (Å²) < 4.78 is 1.10. The summed E-state index contributed by atoms with van der Waals surface area (Å²) in [7, 11) is 0. The highest BCUT2D eigenvalue weighted by molar-refractivity contribution is 14.1. The predicted octanol–water partition coefficient (Wildman–Crippen LogP) is 5.25. The molecule has 0 amide bonds. The molecule has 0 N–H and O–H groups in total. The first-order valence-electron chi connectivity index (χ1n) is 5.23. The van der Waals surface area contributed by atoms with Crippen LogP contribution in [0.3, 0.4) is 0 Å². The Balaban J connectivity index is 2.62. The fourth-order valence-corrected chi connectivity index (χ4v) is 2.34. The molecular weight excluding hydrogens is 345 g/mol. The van der Waals surface area contributed by atoms with Gasteiger partial charge in [-0.1, -0.05) is 54.1 Å². The highest BCUT2D eigenvalue weighted by atomic mass is 127. The summed E-state index contributed by atoms with van der Waals surface area (Å²) in [5.41, 5.74) is 3.20. The highest BCUT2D eigenvalue weighted by Crippen LogP contribution is 2.34. The first kappa shape index (κ1) is 12.6. The minimum atomic E-state index is 0.547. The summed E-state index contributed by atoms with van der Waals surface area (Å²) in [6.45, 7) is 1.79. The molecule has 3 heteroatoms. The number of aliphatic imine (C=N–C) groups is 1. The number of benzene rings is 2. The van der Waals surface area contributed by atoms with Crippen molar-refractivity contribution in [3.8, 4) is 11.1 Å². The summed E-state index contributed by atoms with van der Waals surface area (Å²) in [6.07, 6.45) is 0. The molecule has 0 saturated carbocycles. The van der Waals surface area contributed by atoms with E-state index in [1.165, 1.54) is 0 Å². The SMILES string of the molecule is C/C(Cl)=N\c1c(I)cccc1-c1ccccc1. The molecule has 0 aromatic heterocycles. The number of rotatable bonds is 2. The Morgan fingerprint density at radius 3 is 2.41 bits per heavy atom. The van der Waals surface area contributed by atoms with Crippen LogP contribution in [0.25, 0.3) is 11.1 Å². The lowest BCUT2D eigenvalue weighted by Crippen LogP contribution is -1.84. The fraction of sp³-hybridized carbons (Fsp3) is 0.0714. The van der Waals surface area contributed by atoms with Gasteiger partial charge >= 0.3 is 0 Å². The van der Waals surface area contributed by atoms with E-state index in [0.29, 0.717) is 5.17 Å². The summed E-state index contributed by atoms with van der Waals surface area (Å²) in [5, 5.41) is 0.547. The van der Waals surface area contributed by atoms with Gasteiger partial charge in [0.05, 0.1) is 5.69 Å². The van der Waals surface area contributed by atoms with Gasteiger partial charge in [0.15, 0.2) is 0 Å². The molecule has 0 fully saturated rings. The van der Waals surface area contributed by atoms with Crippen molar-refractivity contribution in [2.75, 3.05) is 0 Å². The lowest BCUT2D eigenvalue weighted by atomic mass is 10.0. The molecule has 0 atom stereocenters. The van der Waals surface area contributed by atoms with Crippen molar-refractivity contribution in [1.82, 2.24) is 0 Å². The van der Waals surface area contributed by atoms with Crippen LogP contribution in [-0.4, -0.2) is 5.17 Å². The molecule has 86 valence electrons. The van der Waals surface area contributed by atoms with Gasteiger partial charge < -0.3 is 0 Å². The lowest BCUT2D eigenvalue weighted by Gasteiger charge is -2.08. The summed E-state index contributed by atoms with van der Waals surface area (Å²) in [6, 6.07) is 16.3. The van der Waals surface area contributed by atoms with Crippen LogP contribution in [0.1, 0.15) is 6.92 Å². The smallest absolute Gasteiger partial charge is 0.103 e. The molecule has 2 aromatic rings. The van der Waals surface area contributed by atoms with Gasteiger partial charge in [0.2, 0.25) is 0 Å². The maximum atomic E-state index is 5.89. The van der Waals surface area contributed by atoms with Crippen molar-refractivity contribution in [1.29, 1.82) is 0 Å². The number of hydrogen-bond donors (Lipinski definition) is 0. The van der Waals surface area contributed by atoms with Crippen molar-refractivity contribution < 1.29 is 0 Å². The predicted molar refractivity (Wildman–Crippen MR) is 83.2 cm³/mol. The van der Waals surface area contributed by atoms with E-state index >= 15 is 0 Å². The maximum Gasteiger partial charge on any atom is 0.103 e. The van der Waals surface area contributed by atoms with Gasteiger partial charge in [-0.3, -0.25) is 0 Å². The van der Waals surface area contributed by atoms with E-state index in [-0.39, 0.29) is 0 Å². The Labute approximate surface area is 120 Å². The Morgan fingerprint density at radius 1 is 1.06 bits per heavy atom. The zero-order valence-corrected chi connectivity index (χ0v) is 12.2. The molecule has 2 aromatic carbocycles. The largest absolute Gasteiger partial charge is 0.240 e. The summed E-state index contributed by atoms with van der Waals surface area (Å²) in [5.74, 6) is 0. The zero-order chi connectivity index (χ0) is 12.3. The van der Waals surface area contributed by atoms with Crippen molar-refractivity contribution in [2.45, 2.75) is 6.92 Å². The van der Waals surface area contributed by atoms with Gasteiger partial charge in [-0.15, -0.1) is 0 Å². The van der Waals surface area contributed by atoms with E-state index in [1.807, 2.05) is 30.3 Å².